The number of likely N-dealkylation sites (N-methyl/N-ethyl adjacent to an activating group) is 1. The maximum absolute atomic E-state index is 13.5. The fraction of sp³-hybridized carbons (Fsp3) is 0.600. The van der Waals surface area contributed by atoms with Crippen LogP contribution in [-0.2, 0) is 4.74 Å². The van der Waals surface area contributed by atoms with Gasteiger partial charge in [-0.1, -0.05) is 6.92 Å². The molecule has 3 nitrogen and oxygen atoms in total. The Morgan fingerprint density at radius 1 is 1.29 bits per heavy atom. The Morgan fingerprint density at radius 2 is 1.95 bits per heavy atom. The first-order valence-corrected chi connectivity index (χ1v) is 7.23. The van der Waals surface area contributed by atoms with E-state index in [1.165, 1.54) is 0 Å². The molecule has 2 unspecified atom stereocenters. The first-order chi connectivity index (χ1) is 10.1. The summed E-state index contributed by atoms with van der Waals surface area (Å²) in [4.78, 5) is 2.14. The van der Waals surface area contributed by atoms with E-state index >= 15 is 0 Å². The van der Waals surface area contributed by atoms with Crippen LogP contribution in [0.25, 0.3) is 0 Å². The molecule has 1 aromatic rings. The van der Waals surface area contributed by atoms with Crippen LogP contribution in [0.2, 0.25) is 0 Å². The molecule has 0 spiro atoms. The van der Waals surface area contributed by atoms with Crippen molar-refractivity contribution in [2.75, 3.05) is 33.3 Å². The van der Waals surface area contributed by atoms with Crippen molar-refractivity contribution in [1.29, 1.82) is 0 Å². The standard InChI is InChI=1S/C15H21F3N2O/c1-3-4-20-5-6-21-13(9-19-2)15(20)10-7-11(16)14(18)12(17)8-10/h7-8,13,15,19H,3-6,9H2,1-2H3. The lowest BCUT2D eigenvalue weighted by Gasteiger charge is -2.41. The van der Waals surface area contributed by atoms with Crippen molar-refractivity contribution >= 4 is 0 Å². The van der Waals surface area contributed by atoms with Crippen LogP contribution in [0.1, 0.15) is 24.9 Å². The van der Waals surface area contributed by atoms with E-state index in [4.69, 9.17) is 4.74 Å². The summed E-state index contributed by atoms with van der Waals surface area (Å²) in [7, 11) is 1.80. The predicted molar refractivity (Wildman–Crippen MR) is 74.6 cm³/mol. The van der Waals surface area contributed by atoms with Gasteiger partial charge in [-0.3, -0.25) is 4.90 Å². The fourth-order valence-corrected chi connectivity index (χ4v) is 2.87. The summed E-state index contributed by atoms with van der Waals surface area (Å²) in [6.45, 7) is 4.68. The van der Waals surface area contributed by atoms with Crippen LogP contribution in [0.4, 0.5) is 13.2 Å². The topological polar surface area (TPSA) is 24.5 Å². The van der Waals surface area contributed by atoms with Crippen molar-refractivity contribution in [3.63, 3.8) is 0 Å². The first kappa shape index (κ1) is 16.3. The number of benzene rings is 1. The first-order valence-electron chi connectivity index (χ1n) is 7.23. The Hall–Kier alpha value is -1.11. The molecule has 1 fully saturated rings. The van der Waals surface area contributed by atoms with Crippen molar-refractivity contribution in [2.24, 2.45) is 0 Å². The number of hydrogen-bond donors (Lipinski definition) is 1. The Morgan fingerprint density at radius 3 is 2.52 bits per heavy atom. The van der Waals surface area contributed by atoms with E-state index in [-0.39, 0.29) is 12.1 Å². The van der Waals surface area contributed by atoms with Gasteiger partial charge < -0.3 is 10.1 Å². The van der Waals surface area contributed by atoms with Gasteiger partial charge in [0.15, 0.2) is 17.5 Å². The van der Waals surface area contributed by atoms with Crippen LogP contribution >= 0.6 is 0 Å². The Bertz CT molecular complexity index is 443. The number of nitrogens with one attached hydrogen (secondary N) is 1. The summed E-state index contributed by atoms with van der Waals surface area (Å²) in [6.07, 6.45) is 0.703. The number of morpholine rings is 1. The molecule has 21 heavy (non-hydrogen) atoms. The highest BCUT2D eigenvalue weighted by Crippen LogP contribution is 2.31. The SMILES string of the molecule is CCCN1CCOC(CNC)C1c1cc(F)c(F)c(F)c1. The van der Waals surface area contributed by atoms with Gasteiger partial charge in [-0.05, 0) is 37.7 Å². The molecule has 0 saturated carbocycles. The van der Waals surface area contributed by atoms with Gasteiger partial charge in [0, 0.05) is 13.1 Å². The lowest BCUT2D eigenvalue weighted by Crippen LogP contribution is -2.49. The molecule has 0 aliphatic carbocycles. The zero-order valence-corrected chi connectivity index (χ0v) is 12.3. The molecule has 0 radical (unpaired) electrons. The van der Waals surface area contributed by atoms with Gasteiger partial charge in [0.1, 0.15) is 0 Å². The van der Waals surface area contributed by atoms with E-state index in [1.54, 1.807) is 7.05 Å². The summed E-state index contributed by atoms with van der Waals surface area (Å²) in [5.74, 6) is -3.74. The fourth-order valence-electron chi connectivity index (χ4n) is 2.87. The van der Waals surface area contributed by atoms with E-state index in [0.717, 1.165) is 25.1 Å². The largest absolute Gasteiger partial charge is 0.374 e. The number of hydrogen-bond acceptors (Lipinski definition) is 3. The minimum Gasteiger partial charge on any atom is -0.374 e. The van der Waals surface area contributed by atoms with E-state index in [9.17, 15) is 13.2 Å². The van der Waals surface area contributed by atoms with Crippen molar-refractivity contribution < 1.29 is 17.9 Å². The molecule has 1 aromatic carbocycles. The second kappa shape index (κ2) is 7.24. The molecule has 2 rings (SSSR count). The Labute approximate surface area is 123 Å². The quantitative estimate of drug-likeness (QED) is 0.846. The highest BCUT2D eigenvalue weighted by molar-refractivity contribution is 5.24. The lowest BCUT2D eigenvalue weighted by atomic mass is 9.97. The van der Waals surface area contributed by atoms with Gasteiger partial charge in [-0.2, -0.15) is 0 Å². The van der Waals surface area contributed by atoms with Crippen LogP contribution in [-0.4, -0.2) is 44.3 Å². The van der Waals surface area contributed by atoms with E-state index in [1.807, 2.05) is 6.92 Å². The van der Waals surface area contributed by atoms with Gasteiger partial charge in [0.2, 0.25) is 0 Å². The van der Waals surface area contributed by atoms with Gasteiger partial charge >= 0.3 is 0 Å². The zero-order valence-electron chi connectivity index (χ0n) is 12.3. The summed E-state index contributed by atoms with van der Waals surface area (Å²) in [5, 5.41) is 3.03. The number of halogens is 3. The summed E-state index contributed by atoms with van der Waals surface area (Å²) in [6, 6.07) is 1.86. The summed E-state index contributed by atoms with van der Waals surface area (Å²) < 4.78 is 46.0. The highest BCUT2D eigenvalue weighted by Gasteiger charge is 2.33. The second-order valence-corrected chi connectivity index (χ2v) is 5.25. The van der Waals surface area contributed by atoms with Gasteiger partial charge in [0.25, 0.3) is 0 Å². The Balaban J connectivity index is 2.37. The van der Waals surface area contributed by atoms with Crippen molar-refractivity contribution in [3.05, 3.63) is 35.1 Å². The highest BCUT2D eigenvalue weighted by atomic mass is 19.2. The molecule has 1 saturated heterocycles. The zero-order chi connectivity index (χ0) is 15.4. The lowest BCUT2D eigenvalue weighted by molar-refractivity contribution is -0.0706. The van der Waals surface area contributed by atoms with Crippen LogP contribution < -0.4 is 5.32 Å². The molecular formula is C15H21F3N2O. The molecular weight excluding hydrogens is 281 g/mol. The summed E-state index contributed by atoms with van der Waals surface area (Å²) in [5.41, 5.74) is 0.416. The molecule has 1 N–H and O–H groups in total. The minimum absolute atomic E-state index is 0.223. The number of nitrogens with zero attached hydrogens (tertiary/aromatic N) is 1. The van der Waals surface area contributed by atoms with Crippen molar-refractivity contribution in [2.45, 2.75) is 25.5 Å². The normalized spacial score (nSPS) is 23.5. The van der Waals surface area contributed by atoms with Gasteiger partial charge in [-0.15, -0.1) is 0 Å². The van der Waals surface area contributed by atoms with Gasteiger partial charge in [-0.25, -0.2) is 13.2 Å². The van der Waals surface area contributed by atoms with Crippen molar-refractivity contribution in [1.82, 2.24) is 10.2 Å². The van der Waals surface area contributed by atoms with Crippen LogP contribution in [0.3, 0.4) is 0 Å². The molecule has 0 bridgehead atoms. The molecule has 1 aliphatic heterocycles. The van der Waals surface area contributed by atoms with Gasteiger partial charge in [0.05, 0.1) is 18.8 Å². The Kier molecular flexibility index (Phi) is 5.61. The number of ether oxygens (including phenoxy) is 1. The monoisotopic (exact) mass is 302 g/mol. The number of rotatable bonds is 5. The maximum Gasteiger partial charge on any atom is 0.194 e. The molecule has 0 amide bonds. The van der Waals surface area contributed by atoms with E-state index < -0.39 is 17.5 Å². The molecule has 118 valence electrons. The summed E-state index contributed by atoms with van der Waals surface area (Å²) >= 11 is 0. The average Bonchev–Trinajstić information content (AvgIpc) is 2.45. The van der Waals surface area contributed by atoms with E-state index in [2.05, 4.69) is 10.2 Å². The third kappa shape index (κ3) is 3.56. The average molecular weight is 302 g/mol. The third-order valence-corrected chi connectivity index (χ3v) is 3.72. The van der Waals surface area contributed by atoms with Crippen LogP contribution in [0.5, 0.6) is 0 Å². The van der Waals surface area contributed by atoms with Crippen LogP contribution in [0.15, 0.2) is 12.1 Å². The molecule has 0 aromatic heterocycles. The molecule has 2 atom stereocenters. The van der Waals surface area contributed by atoms with Crippen molar-refractivity contribution in [3.8, 4) is 0 Å². The predicted octanol–water partition coefficient (Wildman–Crippen LogP) is 2.48. The smallest absolute Gasteiger partial charge is 0.194 e. The molecule has 6 heteroatoms. The van der Waals surface area contributed by atoms with Crippen LogP contribution in [0, 0.1) is 17.5 Å². The molecule has 1 aliphatic rings. The molecule has 1 heterocycles. The maximum atomic E-state index is 13.5. The second-order valence-electron chi connectivity index (χ2n) is 5.25. The van der Waals surface area contributed by atoms with E-state index in [0.29, 0.717) is 25.3 Å². The minimum atomic E-state index is -1.43. The third-order valence-electron chi connectivity index (χ3n) is 3.72.